The molecule has 0 fully saturated rings. The summed E-state index contributed by atoms with van der Waals surface area (Å²) in [6.07, 6.45) is 0.698. The van der Waals surface area contributed by atoms with Gasteiger partial charge in [0.1, 0.15) is 23.4 Å². The van der Waals surface area contributed by atoms with E-state index in [1.54, 1.807) is 6.92 Å². The molecular weight excluding hydrogens is 420 g/mol. The molecule has 4 rings (SSSR count). The van der Waals surface area contributed by atoms with Crippen LogP contribution in [0.2, 0.25) is 0 Å². The molecule has 2 aromatic heterocycles. The first-order valence-corrected chi connectivity index (χ1v) is 10.7. The molecule has 0 spiro atoms. The van der Waals surface area contributed by atoms with Gasteiger partial charge in [-0.3, -0.25) is 0 Å². The number of hydrogen-bond donors (Lipinski definition) is 0. The number of benzene rings is 2. The second-order valence-electron chi connectivity index (χ2n) is 9.55. The van der Waals surface area contributed by atoms with Gasteiger partial charge in [-0.2, -0.15) is 0 Å². The van der Waals surface area contributed by atoms with Gasteiger partial charge in [0.15, 0.2) is 0 Å². The van der Waals surface area contributed by atoms with Crippen molar-refractivity contribution in [3.63, 3.8) is 0 Å². The Morgan fingerprint density at radius 2 is 1.27 bits per heavy atom. The molecule has 2 aromatic carbocycles. The van der Waals surface area contributed by atoms with Crippen molar-refractivity contribution in [2.45, 2.75) is 59.7 Å². The van der Waals surface area contributed by atoms with Crippen LogP contribution in [0.25, 0.3) is 22.1 Å². The van der Waals surface area contributed by atoms with E-state index in [1.807, 2.05) is 90.1 Å². The van der Waals surface area contributed by atoms with Crippen molar-refractivity contribution in [1.82, 2.24) is 19.1 Å². The summed E-state index contributed by atoms with van der Waals surface area (Å²) in [5, 5.41) is 0. The molecule has 0 unspecified atom stereocenters. The van der Waals surface area contributed by atoms with Crippen LogP contribution in [0.3, 0.4) is 0 Å². The lowest BCUT2D eigenvalue weighted by molar-refractivity contribution is 0.0530. The summed E-state index contributed by atoms with van der Waals surface area (Å²) in [5.74, 6) is 0.639. The molecule has 8 heteroatoms. The van der Waals surface area contributed by atoms with Gasteiger partial charge in [0.2, 0.25) is 0 Å². The lowest BCUT2D eigenvalue weighted by Crippen LogP contribution is -2.27. The maximum absolute atomic E-state index is 12.1. The Morgan fingerprint density at radius 3 is 1.88 bits per heavy atom. The monoisotopic (exact) mass is 450 g/mol. The van der Waals surface area contributed by atoms with Crippen LogP contribution in [0.4, 0.5) is 9.59 Å². The fraction of sp³-hybridized carbons (Fsp3) is 0.360. The van der Waals surface area contributed by atoms with Crippen molar-refractivity contribution in [1.29, 1.82) is 0 Å². The molecule has 33 heavy (non-hydrogen) atoms. The fourth-order valence-electron chi connectivity index (χ4n) is 3.10. The minimum Gasteiger partial charge on any atom is -0.443 e. The first kappa shape index (κ1) is 24.0. The van der Waals surface area contributed by atoms with E-state index in [0.717, 1.165) is 22.1 Å². The standard InChI is InChI=1S/C13H16N2O2.C12H14N2O2/c1-9-14-10-7-5-6-8-11(10)15(9)12(16)17-13(2,3)4;1-12(2,3)16-11(15)14-8-13-9-6-4-5-7-10(9)14/h5-8H,1-4H3;4-8H,1-3H3. The van der Waals surface area contributed by atoms with Crippen molar-refractivity contribution in [2.24, 2.45) is 0 Å². The second-order valence-corrected chi connectivity index (χ2v) is 9.55. The van der Waals surface area contributed by atoms with E-state index in [1.165, 1.54) is 15.5 Å². The average Bonchev–Trinajstić information content (AvgIpc) is 3.26. The van der Waals surface area contributed by atoms with Crippen LogP contribution in [0.5, 0.6) is 0 Å². The Hall–Kier alpha value is -3.68. The first-order valence-electron chi connectivity index (χ1n) is 10.7. The van der Waals surface area contributed by atoms with E-state index < -0.39 is 17.3 Å². The summed E-state index contributed by atoms with van der Waals surface area (Å²) in [6.45, 7) is 12.8. The van der Waals surface area contributed by atoms with Gasteiger partial charge in [-0.05, 0) is 72.7 Å². The molecule has 0 saturated carbocycles. The number of para-hydroxylation sites is 4. The number of imidazole rings is 2. The molecule has 0 bridgehead atoms. The van der Waals surface area contributed by atoms with Crippen LogP contribution >= 0.6 is 0 Å². The van der Waals surface area contributed by atoms with Crippen LogP contribution in [0.15, 0.2) is 54.9 Å². The zero-order valence-corrected chi connectivity index (χ0v) is 20.1. The Bertz CT molecular complexity index is 1290. The minimum atomic E-state index is -0.505. The predicted molar refractivity (Wildman–Crippen MR) is 127 cm³/mol. The second kappa shape index (κ2) is 9.05. The van der Waals surface area contributed by atoms with Gasteiger partial charge in [0.05, 0.1) is 22.1 Å². The van der Waals surface area contributed by atoms with Crippen LogP contribution in [-0.2, 0) is 9.47 Å². The maximum atomic E-state index is 12.1. The molecule has 0 aliphatic rings. The first-order chi connectivity index (χ1) is 15.4. The highest BCUT2D eigenvalue weighted by Gasteiger charge is 2.21. The predicted octanol–water partition coefficient (Wildman–Crippen LogP) is 5.95. The summed E-state index contributed by atoms with van der Waals surface area (Å²) >= 11 is 0. The summed E-state index contributed by atoms with van der Waals surface area (Å²) in [6, 6.07) is 15.0. The van der Waals surface area contributed by atoms with Crippen molar-refractivity contribution in [2.75, 3.05) is 0 Å². The lowest BCUT2D eigenvalue weighted by Gasteiger charge is -2.20. The molecule has 0 N–H and O–H groups in total. The number of ether oxygens (including phenoxy) is 2. The number of carbonyl (C=O) groups excluding carboxylic acids is 2. The Labute approximate surface area is 193 Å². The molecule has 0 atom stereocenters. The quantitative estimate of drug-likeness (QED) is 0.329. The highest BCUT2D eigenvalue weighted by atomic mass is 16.6. The minimum absolute atomic E-state index is 0.385. The number of carbonyl (C=O) groups is 2. The number of rotatable bonds is 0. The SMILES string of the molecule is CC(C)(C)OC(=O)n1cnc2ccccc21.Cc1nc2ccccc2n1C(=O)OC(C)(C)C. The van der Waals surface area contributed by atoms with Gasteiger partial charge in [0, 0.05) is 0 Å². The van der Waals surface area contributed by atoms with E-state index in [4.69, 9.17) is 9.47 Å². The van der Waals surface area contributed by atoms with Crippen molar-refractivity contribution >= 4 is 34.3 Å². The summed E-state index contributed by atoms with van der Waals surface area (Å²) < 4.78 is 13.5. The summed E-state index contributed by atoms with van der Waals surface area (Å²) in [4.78, 5) is 32.4. The number of fused-ring (bicyclic) bond motifs is 2. The molecule has 4 aromatic rings. The highest BCUT2D eigenvalue weighted by Crippen LogP contribution is 2.18. The van der Waals surface area contributed by atoms with Crippen LogP contribution in [-0.4, -0.2) is 42.5 Å². The topological polar surface area (TPSA) is 88.2 Å². The van der Waals surface area contributed by atoms with E-state index in [0.29, 0.717) is 5.82 Å². The zero-order valence-electron chi connectivity index (χ0n) is 20.1. The third-order valence-corrected chi connectivity index (χ3v) is 4.35. The average molecular weight is 451 g/mol. The van der Waals surface area contributed by atoms with Gasteiger partial charge in [-0.25, -0.2) is 28.7 Å². The third-order valence-electron chi connectivity index (χ3n) is 4.35. The molecular formula is C25H30N4O4. The molecule has 174 valence electrons. The van der Waals surface area contributed by atoms with E-state index in [2.05, 4.69) is 9.97 Å². The van der Waals surface area contributed by atoms with Crippen LogP contribution in [0, 0.1) is 6.92 Å². The molecule has 0 amide bonds. The number of aryl methyl sites for hydroxylation is 1. The van der Waals surface area contributed by atoms with E-state index >= 15 is 0 Å². The Kier molecular flexibility index (Phi) is 6.58. The Morgan fingerprint density at radius 1 is 0.758 bits per heavy atom. The largest absolute Gasteiger partial charge is 0.443 e. The smallest absolute Gasteiger partial charge is 0.420 e. The zero-order chi connectivity index (χ0) is 24.4. The molecule has 0 aliphatic carbocycles. The molecule has 2 heterocycles. The normalized spacial score (nSPS) is 11.7. The van der Waals surface area contributed by atoms with Crippen LogP contribution in [0.1, 0.15) is 47.4 Å². The summed E-state index contributed by atoms with van der Waals surface area (Å²) in [7, 11) is 0. The van der Waals surface area contributed by atoms with Gasteiger partial charge in [-0.1, -0.05) is 24.3 Å². The lowest BCUT2D eigenvalue weighted by atomic mass is 10.2. The van der Waals surface area contributed by atoms with Crippen molar-refractivity contribution < 1.29 is 19.1 Å². The van der Waals surface area contributed by atoms with Crippen molar-refractivity contribution in [3.05, 3.63) is 60.7 Å². The molecule has 0 radical (unpaired) electrons. The molecule has 0 aliphatic heterocycles. The molecule has 0 saturated heterocycles. The highest BCUT2D eigenvalue weighted by molar-refractivity contribution is 5.88. The van der Waals surface area contributed by atoms with Gasteiger partial charge in [0.25, 0.3) is 0 Å². The van der Waals surface area contributed by atoms with E-state index in [9.17, 15) is 9.59 Å². The van der Waals surface area contributed by atoms with Crippen LogP contribution < -0.4 is 0 Å². The fourth-order valence-corrected chi connectivity index (χ4v) is 3.10. The number of aromatic nitrogens is 4. The van der Waals surface area contributed by atoms with E-state index in [-0.39, 0.29) is 6.09 Å². The van der Waals surface area contributed by atoms with Gasteiger partial charge < -0.3 is 9.47 Å². The Balaban J connectivity index is 0.000000186. The third kappa shape index (κ3) is 5.97. The molecule has 8 nitrogen and oxygen atoms in total. The van der Waals surface area contributed by atoms with Gasteiger partial charge in [-0.15, -0.1) is 0 Å². The number of hydrogen-bond acceptors (Lipinski definition) is 6. The maximum Gasteiger partial charge on any atom is 0.420 e. The van der Waals surface area contributed by atoms with Crippen molar-refractivity contribution in [3.8, 4) is 0 Å². The summed E-state index contributed by atoms with van der Waals surface area (Å²) in [5.41, 5.74) is 2.12. The van der Waals surface area contributed by atoms with Gasteiger partial charge >= 0.3 is 12.2 Å². The number of nitrogens with zero attached hydrogens (tertiary/aromatic N) is 4.